The number of hydrogen-bond acceptors (Lipinski definition) is 2. The van der Waals surface area contributed by atoms with Gasteiger partial charge in [-0.15, -0.1) is 11.3 Å². The van der Waals surface area contributed by atoms with E-state index in [0.717, 1.165) is 13.1 Å². The van der Waals surface area contributed by atoms with E-state index in [9.17, 15) is 0 Å². The molecule has 190 valence electrons. The molecule has 1 heterocycles. The first kappa shape index (κ1) is 27.0. The van der Waals surface area contributed by atoms with Crippen LogP contribution in [0.4, 0.5) is 5.69 Å². The van der Waals surface area contributed by atoms with Crippen LogP contribution in [0, 0.1) is 41.5 Å². The normalized spacial score (nSPS) is 11.4. The zero-order chi connectivity index (χ0) is 26.7. The molecule has 3 heteroatoms. The molecule has 0 aliphatic carbocycles. The molecule has 0 unspecified atom stereocenters. The summed E-state index contributed by atoms with van der Waals surface area (Å²) in [6.07, 6.45) is 4.50. The predicted molar refractivity (Wildman–Crippen MR) is 169 cm³/mol. The van der Waals surface area contributed by atoms with Gasteiger partial charge >= 0.3 is 0 Å². The molecular weight excluding hydrogens is 465 g/mol. The second kappa shape index (κ2) is 11.6. The van der Waals surface area contributed by atoms with Gasteiger partial charge in [0.05, 0.1) is 0 Å². The van der Waals surface area contributed by atoms with Crippen LogP contribution in [0.3, 0.4) is 0 Å². The zero-order valence-corrected chi connectivity index (χ0v) is 24.6. The lowest BCUT2D eigenvalue weighted by Crippen LogP contribution is -2.54. The molecule has 0 saturated heterocycles. The monoisotopic (exact) mass is 505 g/mol. The van der Waals surface area contributed by atoms with Crippen molar-refractivity contribution in [3.05, 3.63) is 104 Å². The van der Waals surface area contributed by atoms with E-state index in [1.54, 1.807) is 0 Å². The highest BCUT2D eigenvalue weighted by Crippen LogP contribution is 2.19. The molecule has 0 saturated carbocycles. The number of anilines is 1. The maximum Gasteiger partial charge on any atom is 0.255 e. The first-order valence-corrected chi connectivity index (χ1v) is 14.3. The summed E-state index contributed by atoms with van der Waals surface area (Å²) in [6.45, 7) is 20.2. The smallest absolute Gasteiger partial charge is 0.255 e. The van der Waals surface area contributed by atoms with E-state index in [2.05, 4.69) is 133 Å². The summed E-state index contributed by atoms with van der Waals surface area (Å²) in [5.41, 5.74) is 13.6. The Bertz CT molecular complexity index is 1300. The quantitative estimate of drug-likeness (QED) is 0.230. The summed E-state index contributed by atoms with van der Waals surface area (Å²) >= 11 is 1.91. The molecule has 0 fully saturated rings. The van der Waals surface area contributed by atoms with Gasteiger partial charge < -0.3 is 4.90 Å². The van der Waals surface area contributed by atoms with Crippen LogP contribution in [0.2, 0.25) is 0 Å². The Balaban J connectivity index is 1.73. The molecule has 4 rings (SSSR count). The summed E-state index contributed by atoms with van der Waals surface area (Å²) in [5, 5.41) is 0. The second-order valence-corrected chi connectivity index (χ2v) is 11.5. The number of nitrogens with zero attached hydrogens (tertiary/aromatic N) is 1. The van der Waals surface area contributed by atoms with Crippen LogP contribution < -0.4 is 20.6 Å². The maximum atomic E-state index is 2.38. The topological polar surface area (TPSA) is 3.24 Å². The van der Waals surface area contributed by atoms with Gasteiger partial charge in [-0.1, -0.05) is 92.8 Å². The summed E-state index contributed by atoms with van der Waals surface area (Å²) in [7, 11) is 0. The van der Waals surface area contributed by atoms with Crippen LogP contribution in [0.25, 0.3) is 12.2 Å². The van der Waals surface area contributed by atoms with Gasteiger partial charge in [-0.2, -0.15) is 0 Å². The van der Waals surface area contributed by atoms with Crippen molar-refractivity contribution >= 4 is 51.6 Å². The summed E-state index contributed by atoms with van der Waals surface area (Å²) in [6, 6.07) is 22.9. The van der Waals surface area contributed by atoms with Crippen molar-refractivity contribution in [2.75, 3.05) is 18.0 Å². The molecule has 37 heavy (non-hydrogen) atoms. The third kappa shape index (κ3) is 5.94. The van der Waals surface area contributed by atoms with E-state index in [1.165, 1.54) is 65.2 Å². The van der Waals surface area contributed by atoms with Crippen LogP contribution >= 0.6 is 11.3 Å². The number of aryl methyl sites for hydroxylation is 6. The van der Waals surface area contributed by atoms with Gasteiger partial charge in [-0.25, -0.2) is 0 Å². The minimum Gasteiger partial charge on any atom is -0.372 e. The fourth-order valence-electron chi connectivity index (χ4n) is 5.90. The molecule has 3 aromatic carbocycles. The van der Waals surface area contributed by atoms with E-state index in [-0.39, 0.29) is 6.71 Å². The Labute approximate surface area is 229 Å². The maximum absolute atomic E-state index is 2.38. The molecule has 0 spiro atoms. The van der Waals surface area contributed by atoms with E-state index in [0.29, 0.717) is 0 Å². The summed E-state index contributed by atoms with van der Waals surface area (Å²) in [4.78, 5) is 3.67. The molecule has 1 aromatic heterocycles. The minimum atomic E-state index is 0.238. The predicted octanol–water partition coefficient (Wildman–Crippen LogP) is 7.13. The van der Waals surface area contributed by atoms with Gasteiger partial charge in [-0.05, 0) is 90.0 Å². The van der Waals surface area contributed by atoms with Gasteiger partial charge in [0, 0.05) is 23.7 Å². The Morgan fingerprint density at radius 3 is 1.59 bits per heavy atom. The van der Waals surface area contributed by atoms with Gasteiger partial charge in [-0.3, -0.25) is 0 Å². The third-order valence-electron chi connectivity index (χ3n) is 7.45. The Kier molecular flexibility index (Phi) is 8.44. The minimum absolute atomic E-state index is 0.238. The lowest BCUT2D eigenvalue weighted by atomic mass is 9.37. The van der Waals surface area contributed by atoms with E-state index >= 15 is 0 Å². The molecule has 0 aliphatic rings. The van der Waals surface area contributed by atoms with Gasteiger partial charge in [0.1, 0.15) is 0 Å². The molecular formula is C34H40BNS. The van der Waals surface area contributed by atoms with Crippen LogP contribution in [0.15, 0.2) is 60.7 Å². The van der Waals surface area contributed by atoms with Crippen molar-refractivity contribution in [2.24, 2.45) is 0 Å². The highest BCUT2D eigenvalue weighted by molar-refractivity contribution is 7.28. The first-order valence-electron chi connectivity index (χ1n) is 13.5. The van der Waals surface area contributed by atoms with Crippen LogP contribution in [-0.4, -0.2) is 19.8 Å². The van der Waals surface area contributed by atoms with Gasteiger partial charge in [0.25, 0.3) is 6.71 Å². The molecule has 4 aromatic rings. The van der Waals surface area contributed by atoms with Crippen molar-refractivity contribution in [2.45, 2.75) is 55.4 Å². The van der Waals surface area contributed by atoms with E-state index < -0.39 is 0 Å². The fourth-order valence-corrected chi connectivity index (χ4v) is 6.93. The van der Waals surface area contributed by atoms with E-state index in [4.69, 9.17) is 0 Å². The highest BCUT2D eigenvalue weighted by Gasteiger charge is 2.29. The number of rotatable bonds is 8. The van der Waals surface area contributed by atoms with Crippen LogP contribution in [0.1, 0.15) is 57.7 Å². The van der Waals surface area contributed by atoms with Gasteiger partial charge in [0.2, 0.25) is 0 Å². The van der Waals surface area contributed by atoms with E-state index in [1.807, 2.05) is 11.3 Å². The lowest BCUT2D eigenvalue weighted by molar-refractivity contribution is 0.866. The number of benzene rings is 3. The Morgan fingerprint density at radius 2 is 1.14 bits per heavy atom. The summed E-state index contributed by atoms with van der Waals surface area (Å²) in [5.74, 6) is 0. The van der Waals surface area contributed by atoms with Crippen LogP contribution in [-0.2, 0) is 0 Å². The molecule has 0 amide bonds. The van der Waals surface area contributed by atoms with Crippen molar-refractivity contribution in [3.63, 3.8) is 0 Å². The molecule has 0 N–H and O–H groups in total. The van der Waals surface area contributed by atoms with Crippen molar-refractivity contribution < 1.29 is 0 Å². The SMILES string of the molecule is CCN(CC)c1ccc(/C=C/c2ccc(B(c3c(C)cc(C)cc3C)c3c(C)cc(C)cc3C)s2)cc1. The average Bonchev–Trinajstić information content (AvgIpc) is 3.31. The zero-order valence-electron chi connectivity index (χ0n) is 23.8. The largest absolute Gasteiger partial charge is 0.372 e. The Morgan fingerprint density at radius 1 is 0.649 bits per heavy atom. The summed E-state index contributed by atoms with van der Waals surface area (Å²) < 4.78 is 1.40. The molecule has 0 bridgehead atoms. The standard InChI is InChI=1S/C34H40BNS/c1-9-36(10-2)30-14-11-29(12-15-30)13-16-31-17-18-32(37-31)35(33-25(5)19-23(3)20-26(33)6)34-27(7)21-24(4)22-28(34)8/h11-22H,9-10H2,1-8H3/b16-13+. The molecule has 1 nitrogen and oxygen atoms in total. The second-order valence-electron chi connectivity index (χ2n) is 10.4. The molecule has 0 radical (unpaired) electrons. The Hall–Kier alpha value is -3.04. The lowest BCUT2D eigenvalue weighted by Gasteiger charge is -2.23. The first-order chi connectivity index (χ1) is 17.7. The van der Waals surface area contributed by atoms with Crippen LogP contribution in [0.5, 0.6) is 0 Å². The number of thiophene rings is 1. The van der Waals surface area contributed by atoms with Crippen molar-refractivity contribution in [3.8, 4) is 0 Å². The highest BCUT2D eigenvalue weighted by atomic mass is 32.1. The van der Waals surface area contributed by atoms with Gasteiger partial charge in [0.15, 0.2) is 0 Å². The molecule has 0 atom stereocenters. The van der Waals surface area contributed by atoms with Crippen molar-refractivity contribution in [1.29, 1.82) is 0 Å². The third-order valence-corrected chi connectivity index (χ3v) is 8.56. The molecule has 0 aliphatic heterocycles. The number of hydrogen-bond donors (Lipinski definition) is 0. The van der Waals surface area contributed by atoms with Crippen molar-refractivity contribution in [1.82, 2.24) is 0 Å². The average molecular weight is 506 g/mol. The fraction of sp³-hybridized carbons (Fsp3) is 0.294.